The van der Waals surface area contributed by atoms with E-state index in [0.29, 0.717) is 22.8 Å². The number of thiazole rings is 1. The number of nitrogens with zero attached hydrogens (tertiary/aromatic N) is 1. The summed E-state index contributed by atoms with van der Waals surface area (Å²) in [6.45, 7) is 0.408. The van der Waals surface area contributed by atoms with E-state index in [9.17, 15) is 18.0 Å². The van der Waals surface area contributed by atoms with E-state index in [-0.39, 0.29) is 42.7 Å². The Hall–Kier alpha value is -1.35. The molecule has 0 spiro atoms. The maximum absolute atomic E-state index is 12.8. The number of carbonyl (C=O) groups excluding carboxylic acids is 1. The molecule has 10 heteroatoms. The number of rotatable bonds is 5. The minimum Gasteiger partial charge on any atom is -0.349 e. The van der Waals surface area contributed by atoms with Gasteiger partial charge in [0.05, 0.1) is 23.2 Å². The molecule has 3 rings (SSSR count). The van der Waals surface area contributed by atoms with Gasteiger partial charge in [0.2, 0.25) is 5.91 Å². The molecule has 4 nitrogen and oxygen atoms in total. The average Bonchev–Trinajstić information content (AvgIpc) is 3.24. The fourth-order valence-corrected chi connectivity index (χ4v) is 4.10. The number of alkyl halides is 3. The number of nitrogens with one attached hydrogen (secondary N) is 1. The quantitative estimate of drug-likeness (QED) is 0.691. The number of carbonyl (C=O) groups is 1. The van der Waals surface area contributed by atoms with E-state index in [1.165, 1.54) is 17.4 Å². The van der Waals surface area contributed by atoms with Gasteiger partial charge in [-0.1, -0.05) is 25.0 Å². The monoisotopic (exact) mass is 455 g/mol. The van der Waals surface area contributed by atoms with Gasteiger partial charge in [0.15, 0.2) is 0 Å². The smallest absolute Gasteiger partial charge is 0.349 e. The molecule has 156 valence electrons. The molecular formula is C18H22Cl2F3N3OS. The van der Waals surface area contributed by atoms with E-state index in [1.54, 1.807) is 11.4 Å². The van der Waals surface area contributed by atoms with Crippen LogP contribution in [-0.2, 0) is 17.4 Å². The van der Waals surface area contributed by atoms with Gasteiger partial charge in [0.25, 0.3) is 0 Å². The van der Waals surface area contributed by atoms with Crippen LogP contribution in [0.25, 0.3) is 10.6 Å². The first-order valence-corrected chi connectivity index (χ1v) is 9.32. The Morgan fingerprint density at radius 2 is 1.93 bits per heavy atom. The van der Waals surface area contributed by atoms with Crippen molar-refractivity contribution < 1.29 is 18.0 Å². The van der Waals surface area contributed by atoms with E-state index in [4.69, 9.17) is 5.73 Å². The molecule has 3 N–H and O–H groups in total. The maximum Gasteiger partial charge on any atom is 0.416 e. The van der Waals surface area contributed by atoms with E-state index in [0.717, 1.165) is 37.8 Å². The normalized spacial score (nSPS) is 15.4. The molecule has 2 aromatic rings. The van der Waals surface area contributed by atoms with Crippen molar-refractivity contribution in [1.82, 2.24) is 10.3 Å². The van der Waals surface area contributed by atoms with Crippen LogP contribution < -0.4 is 11.1 Å². The minimum atomic E-state index is -4.40. The van der Waals surface area contributed by atoms with E-state index in [2.05, 4.69) is 10.3 Å². The first-order chi connectivity index (χ1) is 12.3. The molecule has 28 heavy (non-hydrogen) atoms. The predicted octanol–water partition coefficient (Wildman–Crippen LogP) is 4.60. The van der Waals surface area contributed by atoms with Crippen molar-refractivity contribution in [3.8, 4) is 10.6 Å². The maximum atomic E-state index is 12.8. The Bertz CT molecular complexity index is 792. The van der Waals surface area contributed by atoms with Gasteiger partial charge in [0, 0.05) is 17.5 Å². The molecule has 1 fully saturated rings. The molecular weight excluding hydrogens is 434 g/mol. The highest BCUT2D eigenvalue weighted by atomic mass is 35.5. The van der Waals surface area contributed by atoms with Gasteiger partial charge in [-0.25, -0.2) is 4.98 Å². The van der Waals surface area contributed by atoms with Gasteiger partial charge in [-0.15, -0.1) is 36.2 Å². The fourth-order valence-electron chi connectivity index (χ4n) is 3.29. The summed E-state index contributed by atoms with van der Waals surface area (Å²) in [5.41, 5.74) is 5.73. The molecule has 0 bridgehead atoms. The first kappa shape index (κ1) is 24.7. The van der Waals surface area contributed by atoms with Crippen molar-refractivity contribution in [3.05, 3.63) is 40.9 Å². The summed E-state index contributed by atoms with van der Waals surface area (Å²) < 4.78 is 38.5. The standard InChI is InChI=1S/C18H20F3N3OS.2ClH/c19-18(20,21)13-5-3-4-12(8-13)16-23-14(10-26-16)9-15(25)24-17(11-22)6-1-2-7-17;;/h3-5,8,10H,1-2,6-7,9,11,22H2,(H,24,25);2*1H. The second kappa shape index (κ2) is 9.91. The van der Waals surface area contributed by atoms with Crippen LogP contribution >= 0.6 is 36.2 Å². The van der Waals surface area contributed by atoms with Crippen molar-refractivity contribution in [2.75, 3.05) is 6.54 Å². The van der Waals surface area contributed by atoms with Gasteiger partial charge in [-0.3, -0.25) is 4.79 Å². The number of benzene rings is 1. The fraction of sp³-hybridized carbons (Fsp3) is 0.444. The Morgan fingerprint density at radius 3 is 2.54 bits per heavy atom. The van der Waals surface area contributed by atoms with Crippen LogP contribution in [0.4, 0.5) is 13.2 Å². The zero-order valence-corrected chi connectivity index (χ0v) is 17.4. The van der Waals surface area contributed by atoms with Crippen LogP contribution in [0, 0.1) is 0 Å². The average molecular weight is 456 g/mol. The second-order valence-electron chi connectivity index (χ2n) is 6.64. The molecule has 1 heterocycles. The van der Waals surface area contributed by atoms with Crippen LogP contribution in [0.2, 0.25) is 0 Å². The summed E-state index contributed by atoms with van der Waals surface area (Å²) in [5.74, 6) is -0.154. The Morgan fingerprint density at radius 1 is 1.25 bits per heavy atom. The lowest BCUT2D eigenvalue weighted by Gasteiger charge is -2.28. The number of hydrogen-bond donors (Lipinski definition) is 2. The van der Waals surface area contributed by atoms with E-state index < -0.39 is 11.7 Å². The molecule has 0 unspecified atom stereocenters. The largest absolute Gasteiger partial charge is 0.416 e. The molecule has 1 aliphatic carbocycles. The van der Waals surface area contributed by atoms with E-state index >= 15 is 0 Å². The third-order valence-corrected chi connectivity index (χ3v) is 5.63. The highest BCUT2D eigenvalue weighted by molar-refractivity contribution is 7.13. The number of hydrogen-bond acceptors (Lipinski definition) is 4. The Kier molecular flexibility index (Phi) is 8.74. The second-order valence-corrected chi connectivity index (χ2v) is 7.50. The van der Waals surface area contributed by atoms with Gasteiger partial charge >= 0.3 is 6.18 Å². The van der Waals surface area contributed by atoms with Gasteiger partial charge in [-0.05, 0) is 25.0 Å². The number of aromatic nitrogens is 1. The molecule has 1 aliphatic rings. The summed E-state index contributed by atoms with van der Waals surface area (Å²) in [5, 5.41) is 5.19. The van der Waals surface area contributed by atoms with Gasteiger partial charge < -0.3 is 11.1 Å². The van der Waals surface area contributed by atoms with Gasteiger partial charge in [-0.2, -0.15) is 13.2 Å². The topological polar surface area (TPSA) is 68.0 Å². The Balaban J connectivity index is 0.00000196. The summed E-state index contributed by atoms with van der Waals surface area (Å²) in [6.07, 6.45) is -0.448. The summed E-state index contributed by atoms with van der Waals surface area (Å²) >= 11 is 1.23. The third-order valence-electron chi connectivity index (χ3n) is 4.69. The van der Waals surface area contributed by atoms with Crippen molar-refractivity contribution in [2.45, 2.75) is 43.8 Å². The van der Waals surface area contributed by atoms with Crippen LogP contribution in [-0.4, -0.2) is 23.0 Å². The predicted molar refractivity (Wildman–Crippen MR) is 109 cm³/mol. The lowest BCUT2D eigenvalue weighted by atomic mass is 9.97. The number of halogens is 5. The first-order valence-electron chi connectivity index (χ1n) is 8.44. The van der Waals surface area contributed by atoms with Crippen LogP contribution in [0.5, 0.6) is 0 Å². The van der Waals surface area contributed by atoms with Crippen LogP contribution in [0.1, 0.15) is 36.9 Å². The molecule has 1 aromatic carbocycles. The molecule has 1 amide bonds. The molecule has 0 saturated heterocycles. The van der Waals surface area contributed by atoms with Crippen LogP contribution in [0.15, 0.2) is 29.6 Å². The lowest BCUT2D eigenvalue weighted by molar-refractivity contribution is -0.137. The van der Waals surface area contributed by atoms with Crippen molar-refractivity contribution in [1.29, 1.82) is 0 Å². The number of nitrogens with two attached hydrogens (primary N) is 1. The Labute approximate surface area is 177 Å². The zero-order valence-electron chi connectivity index (χ0n) is 14.9. The molecule has 1 aromatic heterocycles. The highest BCUT2D eigenvalue weighted by Gasteiger charge is 2.34. The molecule has 0 atom stereocenters. The van der Waals surface area contributed by atoms with Crippen molar-refractivity contribution in [3.63, 3.8) is 0 Å². The number of amides is 1. The molecule has 0 aliphatic heterocycles. The summed E-state index contributed by atoms with van der Waals surface area (Å²) in [4.78, 5) is 16.6. The highest BCUT2D eigenvalue weighted by Crippen LogP contribution is 2.33. The van der Waals surface area contributed by atoms with E-state index in [1.807, 2.05) is 0 Å². The summed E-state index contributed by atoms with van der Waals surface area (Å²) in [7, 11) is 0. The molecule has 0 radical (unpaired) electrons. The van der Waals surface area contributed by atoms with Crippen LogP contribution in [0.3, 0.4) is 0 Å². The van der Waals surface area contributed by atoms with Crippen molar-refractivity contribution in [2.24, 2.45) is 5.73 Å². The third kappa shape index (κ3) is 5.83. The lowest BCUT2D eigenvalue weighted by Crippen LogP contribution is -2.52. The zero-order chi connectivity index (χ0) is 18.8. The molecule has 1 saturated carbocycles. The SMILES string of the molecule is Cl.Cl.NCC1(NC(=O)Cc2csc(-c3cccc(C(F)(F)F)c3)n2)CCCC1. The van der Waals surface area contributed by atoms with Gasteiger partial charge in [0.1, 0.15) is 5.01 Å². The minimum absolute atomic E-state index is 0. The summed E-state index contributed by atoms with van der Waals surface area (Å²) in [6, 6.07) is 5.04. The van der Waals surface area contributed by atoms with Crippen molar-refractivity contribution >= 4 is 42.1 Å².